The number of alkyl halides is 2. The number of imidazole rings is 1. The third kappa shape index (κ3) is 5.18. The fourth-order valence-electron chi connectivity index (χ4n) is 2.93. The second-order valence-corrected chi connectivity index (χ2v) is 6.30. The Morgan fingerprint density at radius 2 is 1.96 bits per heavy atom. The molecule has 6 nitrogen and oxygen atoms in total. The molecule has 2 aromatic carbocycles. The number of aromatic amines is 1. The van der Waals surface area contributed by atoms with Gasteiger partial charge in [0.15, 0.2) is 5.96 Å². The molecule has 0 spiro atoms. The maximum atomic E-state index is 12.2. The number of aliphatic imine (C=N–C) groups is 1. The molecule has 3 rings (SSSR count). The standard InChI is InChI=1S/C20H23F2N5O/c1-23-20(24-12-11-18-25-16-5-3-4-6-17(16)26-18)27(2)13-14-7-9-15(10-8-14)28-19(21)22/h3-10,19H,11-13H2,1-2H3,(H,23,24)(H,25,26). The normalized spacial score (nSPS) is 11.8. The first-order valence-corrected chi connectivity index (χ1v) is 8.94. The molecule has 0 amide bonds. The van der Waals surface area contributed by atoms with Crippen molar-refractivity contribution in [3.8, 4) is 5.75 Å². The highest BCUT2D eigenvalue weighted by atomic mass is 19.3. The average molecular weight is 387 g/mol. The van der Waals surface area contributed by atoms with E-state index in [4.69, 9.17) is 0 Å². The highest BCUT2D eigenvalue weighted by Gasteiger charge is 2.09. The summed E-state index contributed by atoms with van der Waals surface area (Å²) in [6, 6.07) is 14.5. The fraction of sp³-hybridized carbons (Fsp3) is 0.300. The molecule has 0 aliphatic heterocycles. The number of nitrogens with zero attached hydrogens (tertiary/aromatic N) is 3. The quantitative estimate of drug-likeness (QED) is 0.482. The van der Waals surface area contributed by atoms with Crippen molar-refractivity contribution in [2.75, 3.05) is 20.6 Å². The van der Waals surface area contributed by atoms with Crippen molar-refractivity contribution in [2.24, 2.45) is 4.99 Å². The lowest BCUT2D eigenvalue weighted by molar-refractivity contribution is -0.0498. The van der Waals surface area contributed by atoms with Gasteiger partial charge < -0.3 is 19.9 Å². The summed E-state index contributed by atoms with van der Waals surface area (Å²) < 4.78 is 28.8. The molecule has 3 aromatic rings. The van der Waals surface area contributed by atoms with Crippen molar-refractivity contribution in [1.82, 2.24) is 20.2 Å². The summed E-state index contributed by atoms with van der Waals surface area (Å²) in [5, 5.41) is 3.31. The lowest BCUT2D eigenvalue weighted by Crippen LogP contribution is -2.39. The number of halogens is 2. The summed E-state index contributed by atoms with van der Waals surface area (Å²) in [6.45, 7) is -1.56. The molecule has 0 atom stereocenters. The molecule has 0 saturated heterocycles. The maximum absolute atomic E-state index is 12.2. The van der Waals surface area contributed by atoms with Crippen molar-refractivity contribution in [1.29, 1.82) is 0 Å². The Morgan fingerprint density at radius 1 is 1.21 bits per heavy atom. The third-order valence-electron chi connectivity index (χ3n) is 4.22. The number of aromatic nitrogens is 2. The van der Waals surface area contributed by atoms with E-state index in [0.717, 1.165) is 34.8 Å². The topological polar surface area (TPSA) is 65.5 Å². The summed E-state index contributed by atoms with van der Waals surface area (Å²) in [4.78, 5) is 14.1. The Labute approximate surface area is 162 Å². The molecule has 0 unspecified atom stereocenters. The molecule has 1 aromatic heterocycles. The van der Waals surface area contributed by atoms with Crippen LogP contribution in [0.1, 0.15) is 11.4 Å². The van der Waals surface area contributed by atoms with Gasteiger partial charge in [-0.15, -0.1) is 0 Å². The molecule has 0 aliphatic carbocycles. The van der Waals surface area contributed by atoms with Crippen molar-refractivity contribution in [3.05, 3.63) is 59.9 Å². The van der Waals surface area contributed by atoms with Gasteiger partial charge >= 0.3 is 6.61 Å². The predicted octanol–water partition coefficient (Wildman–Crippen LogP) is 3.41. The number of fused-ring (bicyclic) bond motifs is 1. The lowest BCUT2D eigenvalue weighted by Gasteiger charge is -2.22. The summed E-state index contributed by atoms with van der Waals surface area (Å²) in [5.41, 5.74) is 2.95. The van der Waals surface area contributed by atoms with Crippen LogP contribution in [0.2, 0.25) is 0 Å². The zero-order valence-electron chi connectivity index (χ0n) is 15.8. The number of H-pyrrole nitrogens is 1. The van der Waals surface area contributed by atoms with Gasteiger partial charge in [0, 0.05) is 33.6 Å². The van der Waals surface area contributed by atoms with E-state index in [1.807, 2.05) is 36.2 Å². The SMILES string of the molecule is CN=C(NCCc1nc2ccccc2[nH]1)N(C)Cc1ccc(OC(F)F)cc1. The van der Waals surface area contributed by atoms with Crippen LogP contribution in [0, 0.1) is 0 Å². The first-order valence-electron chi connectivity index (χ1n) is 8.94. The van der Waals surface area contributed by atoms with Crippen molar-refractivity contribution in [3.63, 3.8) is 0 Å². The van der Waals surface area contributed by atoms with E-state index in [1.165, 1.54) is 12.1 Å². The Bertz CT molecular complexity index is 891. The number of para-hydroxylation sites is 2. The van der Waals surface area contributed by atoms with Gasteiger partial charge in [-0.3, -0.25) is 4.99 Å². The molecule has 28 heavy (non-hydrogen) atoms. The summed E-state index contributed by atoms with van der Waals surface area (Å²) in [6.07, 6.45) is 0.737. The number of rotatable bonds is 7. The van der Waals surface area contributed by atoms with Crippen molar-refractivity contribution >= 4 is 17.0 Å². The first-order chi connectivity index (χ1) is 13.5. The molecule has 1 heterocycles. The molecule has 0 bridgehead atoms. The minimum Gasteiger partial charge on any atom is -0.435 e. The summed E-state index contributed by atoms with van der Waals surface area (Å²) in [7, 11) is 3.64. The van der Waals surface area contributed by atoms with E-state index in [2.05, 4.69) is 25.0 Å². The van der Waals surface area contributed by atoms with Gasteiger partial charge in [-0.25, -0.2) is 4.98 Å². The Balaban J connectivity index is 1.51. The number of ether oxygens (including phenoxy) is 1. The van der Waals surface area contributed by atoms with Crippen LogP contribution in [-0.4, -0.2) is 48.1 Å². The third-order valence-corrected chi connectivity index (χ3v) is 4.22. The second kappa shape index (κ2) is 9.16. The Hall–Kier alpha value is -3.16. The van der Waals surface area contributed by atoms with Gasteiger partial charge in [-0.2, -0.15) is 8.78 Å². The van der Waals surface area contributed by atoms with E-state index in [-0.39, 0.29) is 5.75 Å². The molecule has 8 heteroatoms. The molecular weight excluding hydrogens is 364 g/mol. The number of hydrogen-bond donors (Lipinski definition) is 2. The number of guanidine groups is 1. The average Bonchev–Trinajstić information content (AvgIpc) is 3.09. The molecule has 0 fully saturated rings. The van der Waals surface area contributed by atoms with Crippen molar-refractivity contribution < 1.29 is 13.5 Å². The number of hydrogen-bond acceptors (Lipinski definition) is 3. The van der Waals surface area contributed by atoms with Gasteiger partial charge in [0.2, 0.25) is 0 Å². The van der Waals surface area contributed by atoms with Crippen molar-refractivity contribution in [2.45, 2.75) is 19.6 Å². The first kappa shape index (κ1) is 19.6. The largest absolute Gasteiger partial charge is 0.435 e. The number of benzene rings is 2. The van der Waals surface area contributed by atoms with Crippen LogP contribution in [0.3, 0.4) is 0 Å². The molecule has 0 radical (unpaired) electrons. The fourth-order valence-corrected chi connectivity index (χ4v) is 2.93. The maximum Gasteiger partial charge on any atom is 0.387 e. The van der Waals surface area contributed by atoms with E-state index in [1.54, 1.807) is 19.2 Å². The van der Waals surface area contributed by atoms with E-state index >= 15 is 0 Å². The van der Waals surface area contributed by atoms with Gasteiger partial charge in [-0.1, -0.05) is 24.3 Å². The van der Waals surface area contributed by atoms with Gasteiger partial charge in [0.05, 0.1) is 11.0 Å². The molecule has 148 valence electrons. The highest BCUT2D eigenvalue weighted by Crippen LogP contribution is 2.16. The van der Waals surface area contributed by atoms with Crippen LogP contribution < -0.4 is 10.1 Å². The van der Waals surface area contributed by atoms with Gasteiger partial charge in [-0.05, 0) is 29.8 Å². The van der Waals surface area contributed by atoms with Crippen LogP contribution in [0.15, 0.2) is 53.5 Å². The lowest BCUT2D eigenvalue weighted by atomic mass is 10.2. The molecule has 0 saturated carbocycles. The minimum atomic E-state index is -2.82. The smallest absolute Gasteiger partial charge is 0.387 e. The molecule has 2 N–H and O–H groups in total. The van der Waals surface area contributed by atoms with Gasteiger partial charge in [0.1, 0.15) is 11.6 Å². The van der Waals surface area contributed by atoms with E-state index in [0.29, 0.717) is 13.1 Å². The van der Waals surface area contributed by atoms with Crippen LogP contribution in [0.5, 0.6) is 5.75 Å². The van der Waals surface area contributed by atoms with E-state index < -0.39 is 6.61 Å². The number of nitrogens with one attached hydrogen (secondary N) is 2. The molecule has 0 aliphatic rings. The van der Waals surface area contributed by atoms with Crippen LogP contribution >= 0.6 is 0 Å². The molecular formula is C20H23F2N5O. The van der Waals surface area contributed by atoms with Gasteiger partial charge in [0.25, 0.3) is 0 Å². The van der Waals surface area contributed by atoms with Crippen LogP contribution in [-0.2, 0) is 13.0 Å². The summed E-state index contributed by atoms with van der Waals surface area (Å²) >= 11 is 0. The van der Waals surface area contributed by atoms with Crippen LogP contribution in [0.25, 0.3) is 11.0 Å². The monoisotopic (exact) mass is 387 g/mol. The van der Waals surface area contributed by atoms with Crippen LogP contribution in [0.4, 0.5) is 8.78 Å². The van der Waals surface area contributed by atoms with E-state index in [9.17, 15) is 8.78 Å². The minimum absolute atomic E-state index is 0.148. The second-order valence-electron chi connectivity index (χ2n) is 6.30. The zero-order chi connectivity index (χ0) is 19.9. The Morgan fingerprint density at radius 3 is 2.64 bits per heavy atom. The zero-order valence-corrected chi connectivity index (χ0v) is 15.8. The highest BCUT2D eigenvalue weighted by molar-refractivity contribution is 5.79. The summed E-state index contributed by atoms with van der Waals surface area (Å²) in [5.74, 6) is 1.81. The predicted molar refractivity (Wildman–Crippen MR) is 106 cm³/mol. The Kier molecular flexibility index (Phi) is 6.41.